The first-order valence-corrected chi connectivity index (χ1v) is 13.3. The van der Waals surface area contributed by atoms with Gasteiger partial charge in [0.25, 0.3) is 0 Å². The molecule has 5 aromatic carbocycles. The number of aryl methyl sites for hydroxylation is 2. The first kappa shape index (κ1) is 20.7. The van der Waals surface area contributed by atoms with Crippen LogP contribution in [0, 0.1) is 7.14 Å². The van der Waals surface area contributed by atoms with Crippen LogP contribution in [0.15, 0.2) is 48.5 Å². The van der Waals surface area contributed by atoms with Crippen LogP contribution in [0.1, 0.15) is 50.7 Å². The van der Waals surface area contributed by atoms with Gasteiger partial charge in [-0.2, -0.15) is 0 Å². The van der Waals surface area contributed by atoms with Gasteiger partial charge in [-0.1, -0.05) is 51.0 Å². The van der Waals surface area contributed by atoms with Gasteiger partial charge in [0.05, 0.1) is 0 Å². The van der Waals surface area contributed by atoms with Gasteiger partial charge in [-0.25, -0.2) is 0 Å². The molecule has 0 nitrogen and oxygen atoms in total. The molecule has 0 spiro atoms. The van der Waals surface area contributed by atoms with Gasteiger partial charge >= 0.3 is 0 Å². The summed E-state index contributed by atoms with van der Waals surface area (Å²) in [6.07, 6.45) is 7.32. The summed E-state index contributed by atoms with van der Waals surface area (Å²) in [6, 6.07) is 19.4. The Labute approximate surface area is 206 Å². The molecule has 30 heavy (non-hydrogen) atoms. The van der Waals surface area contributed by atoms with Crippen molar-refractivity contribution >= 4 is 88.3 Å². The quantitative estimate of drug-likeness (QED) is 0.101. The van der Waals surface area contributed by atoms with Crippen molar-refractivity contribution in [3.63, 3.8) is 0 Å². The Morgan fingerprint density at radius 2 is 0.933 bits per heavy atom. The molecule has 0 atom stereocenters. The van der Waals surface area contributed by atoms with E-state index in [-0.39, 0.29) is 0 Å². The summed E-state index contributed by atoms with van der Waals surface area (Å²) < 4.78 is 2.64. The highest BCUT2D eigenvalue weighted by Crippen LogP contribution is 2.43. The average molecular weight is 616 g/mol. The number of fused-ring (bicyclic) bond motifs is 2. The summed E-state index contributed by atoms with van der Waals surface area (Å²) in [4.78, 5) is 0. The second-order valence-corrected chi connectivity index (χ2v) is 11.1. The van der Waals surface area contributed by atoms with Crippen molar-refractivity contribution in [2.45, 2.75) is 52.4 Å². The number of hydrogen-bond donors (Lipinski definition) is 0. The molecule has 152 valence electrons. The molecule has 0 saturated carbocycles. The molecule has 0 heterocycles. The fraction of sp³-hybridized carbons (Fsp3) is 0.286. The normalized spacial score (nSPS) is 12.1. The van der Waals surface area contributed by atoms with Crippen molar-refractivity contribution in [3.8, 4) is 0 Å². The highest BCUT2D eigenvalue weighted by atomic mass is 127. The van der Waals surface area contributed by atoms with Crippen LogP contribution in [0.5, 0.6) is 0 Å². The van der Waals surface area contributed by atoms with Crippen LogP contribution in [0.25, 0.3) is 43.1 Å². The maximum absolute atomic E-state index is 2.49. The maximum atomic E-state index is 2.49. The molecule has 0 unspecified atom stereocenters. The zero-order valence-electron chi connectivity index (χ0n) is 17.6. The van der Waals surface area contributed by atoms with Crippen LogP contribution in [0.4, 0.5) is 0 Å². The largest absolute Gasteiger partial charge is 0.0654 e. The number of hydrogen-bond acceptors (Lipinski definition) is 0. The molecule has 0 aliphatic carbocycles. The average Bonchev–Trinajstić information content (AvgIpc) is 2.72. The second kappa shape index (κ2) is 8.42. The molecule has 0 amide bonds. The summed E-state index contributed by atoms with van der Waals surface area (Å²) in [5.41, 5.74) is 2.97. The third-order valence-corrected chi connectivity index (χ3v) is 7.61. The molecular weight excluding hydrogens is 590 g/mol. The Balaban J connectivity index is 1.97. The number of rotatable bonds is 6. The smallest absolute Gasteiger partial charge is 0.0142 e. The Morgan fingerprint density at radius 1 is 0.533 bits per heavy atom. The third-order valence-electron chi connectivity index (χ3n) is 6.37. The first-order valence-electron chi connectivity index (χ1n) is 11.1. The van der Waals surface area contributed by atoms with E-state index in [2.05, 4.69) is 108 Å². The minimum atomic E-state index is 1.17. The summed E-state index contributed by atoms with van der Waals surface area (Å²) in [5.74, 6) is 0. The van der Waals surface area contributed by atoms with E-state index in [0.29, 0.717) is 0 Å². The topological polar surface area (TPSA) is 0 Å². The number of halogens is 2. The van der Waals surface area contributed by atoms with E-state index in [0.717, 1.165) is 0 Å². The zero-order valence-corrected chi connectivity index (χ0v) is 21.9. The Bertz CT molecular complexity index is 1280. The van der Waals surface area contributed by atoms with Gasteiger partial charge in [0.1, 0.15) is 0 Å². The van der Waals surface area contributed by atoms with Crippen LogP contribution < -0.4 is 0 Å². The molecule has 0 fully saturated rings. The molecule has 0 aliphatic rings. The fourth-order valence-electron chi connectivity index (χ4n) is 4.98. The maximum Gasteiger partial charge on any atom is 0.0142 e. The predicted molar refractivity (Wildman–Crippen MR) is 150 cm³/mol. The standard InChI is InChI=1S/C28H26I2/c1-3-5-7-17-9-19-10-18(8-6-4-2)12-24-26-16-22(30)14-20-13-21(29)15-25(28(20)26)23(11-17)27(19)24/h9-16H,3-8H2,1-2H3. The third kappa shape index (κ3) is 3.58. The van der Waals surface area contributed by atoms with Crippen molar-refractivity contribution in [1.29, 1.82) is 0 Å². The summed E-state index contributed by atoms with van der Waals surface area (Å²) in [5, 5.41) is 11.4. The first-order chi connectivity index (χ1) is 14.6. The summed E-state index contributed by atoms with van der Waals surface area (Å²) in [6.45, 7) is 4.57. The molecule has 0 radical (unpaired) electrons. The molecule has 0 N–H and O–H groups in total. The van der Waals surface area contributed by atoms with E-state index in [1.165, 1.54) is 99.9 Å². The fourth-order valence-corrected chi connectivity index (χ4v) is 6.28. The van der Waals surface area contributed by atoms with Crippen molar-refractivity contribution in [2.75, 3.05) is 0 Å². The number of unbranched alkanes of at least 4 members (excludes halogenated alkanes) is 2. The SMILES string of the molecule is CCCCc1cc2cc(CCCC)cc3c4cc(I)cc5cc(I)cc(c(c1)c23)c54. The van der Waals surface area contributed by atoms with Gasteiger partial charge in [0, 0.05) is 7.14 Å². The lowest BCUT2D eigenvalue weighted by Crippen LogP contribution is -1.94. The lowest BCUT2D eigenvalue weighted by molar-refractivity contribution is 0.795. The summed E-state index contributed by atoms with van der Waals surface area (Å²) in [7, 11) is 0. The van der Waals surface area contributed by atoms with Gasteiger partial charge in [-0.3, -0.25) is 0 Å². The van der Waals surface area contributed by atoms with Crippen LogP contribution in [0.2, 0.25) is 0 Å². The van der Waals surface area contributed by atoms with Gasteiger partial charge in [-0.15, -0.1) is 0 Å². The monoisotopic (exact) mass is 616 g/mol. The van der Waals surface area contributed by atoms with Gasteiger partial charge in [0.15, 0.2) is 0 Å². The van der Waals surface area contributed by atoms with E-state index in [1.807, 2.05) is 0 Å². The van der Waals surface area contributed by atoms with Gasteiger partial charge in [0.2, 0.25) is 0 Å². The van der Waals surface area contributed by atoms with Crippen molar-refractivity contribution in [3.05, 3.63) is 66.8 Å². The molecule has 5 rings (SSSR count). The molecule has 0 aliphatic heterocycles. The Hall–Kier alpha value is -1.14. The zero-order chi connectivity index (χ0) is 20.8. The molecule has 2 heteroatoms. The minimum absolute atomic E-state index is 1.17. The molecule has 0 bridgehead atoms. The molecule has 0 aromatic heterocycles. The van der Waals surface area contributed by atoms with E-state index in [4.69, 9.17) is 0 Å². The van der Waals surface area contributed by atoms with Crippen molar-refractivity contribution in [1.82, 2.24) is 0 Å². The van der Waals surface area contributed by atoms with Crippen LogP contribution in [-0.2, 0) is 12.8 Å². The van der Waals surface area contributed by atoms with Crippen LogP contribution in [-0.4, -0.2) is 0 Å². The van der Waals surface area contributed by atoms with E-state index >= 15 is 0 Å². The minimum Gasteiger partial charge on any atom is -0.0654 e. The van der Waals surface area contributed by atoms with Crippen molar-refractivity contribution < 1.29 is 0 Å². The van der Waals surface area contributed by atoms with E-state index in [1.54, 1.807) is 0 Å². The molecular formula is C28H26I2. The predicted octanol–water partition coefficient (Wildman–Crippen LogP) is 9.63. The highest BCUT2D eigenvalue weighted by molar-refractivity contribution is 14.1. The van der Waals surface area contributed by atoms with Crippen molar-refractivity contribution in [2.24, 2.45) is 0 Å². The van der Waals surface area contributed by atoms with Gasteiger partial charge in [-0.05, 0) is 149 Å². The Kier molecular flexibility index (Phi) is 5.82. The van der Waals surface area contributed by atoms with E-state index < -0.39 is 0 Å². The lowest BCUT2D eigenvalue weighted by Gasteiger charge is -2.18. The number of benzene rings is 5. The Morgan fingerprint density at radius 3 is 1.37 bits per heavy atom. The summed E-state index contributed by atoms with van der Waals surface area (Å²) >= 11 is 4.96. The highest BCUT2D eigenvalue weighted by Gasteiger charge is 2.16. The van der Waals surface area contributed by atoms with Gasteiger partial charge < -0.3 is 0 Å². The second-order valence-electron chi connectivity index (χ2n) is 8.60. The lowest BCUT2D eigenvalue weighted by atomic mass is 9.87. The molecule has 5 aromatic rings. The molecule has 0 saturated heterocycles. The van der Waals surface area contributed by atoms with E-state index in [9.17, 15) is 0 Å². The van der Waals surface area contributed by atoms with Crippen LogP contribution in [0.3, 0.4) is 0 Å². The van der Waals surface area contributed by atoms with Crippen LogP contribution >= 0.6 is 45.2 Å².